The van der Waals surface area contributed by atoms with E-state index in [1.807, 2.05) is 45.9 Å². The molecule has 1 aromatic rings. The third-order valence-electron chi connectivity index (χ3n) is 4.37. The number of esters is 1. The van der Waals surface area contributed by atoms with E-state index in [0.29, 0.717) is 18.4 Å². The van der Waals surface area contributed by atoms with Crippen molar-refractivity contribution < 1.29 is 22.7 Å². The molecule has 0 saturated heterocycles. The summed E-state index contributed by atoms with van der Waals surface area (Å²) >= 11 is 0.858. The fourth-order valence-corrected chi connectivity index (χ4v) is 5.52. The number of ether oxygens (including phenoxy) is 1. The number of fused-ring (bicyclic) bond motifs is 1. The molecule has 0 N–H and O–H groups in total. The molecule has 1 heterocycles. The van der Waals surface area contributed by atoms with Gasteiger partial charge in [-0.1, -0.05) is 37.6 Å². The average Bonchev–Trinajstić information content (AvgIpc) is 2.91. The Morgan fingerprint density at radius 1 is 1.30 bits per heavy atom. The SMILES string of the molecule is C/C=C\C=C(/C)CCOC(=O)c1sc(S(C)(=O)=O)c2c1CC(C)(C)CC2=O. The first-order valence-corrected chi connectivity index (χ1v) is 11.5. The number of carbonyl (C=O) groups is 2. The zero-order valence-electron chi connectivity index (χ0n) is 16.4. The van der Waals surface area contributed by atoms with Gasteiger partial charge in [0.15, 0.2) is 15.6 Å². The largest absolute Gasteiger partial charge is 0.461 e. The van der Waals surface area contributed by atoms with Gasteiger partial charge in [-0.15, -0.1) is 11.3 Å². The quantitative estimate of drug-likeness (QED) is 0.514. The molecular weight excluding hydrogens is 384 g/mol. The van der Waals surface area contributed by atoms with Gasteiger partial charge in [0.05, 0.1) is 12.2 Å². The van der Waals surface area contributed by atoms with E-state index >= 15 is 0 Å². The first-order valence-electron chi connectivity index (χ1n) is 8.81. The third-order valence-corrected chi connectivity index (χ3v) is 7.42. The average molecular weight is 411 g/mol. The molecule has 0 saturated carbocycles. The Labute approximate surface area is 165 Å². The lowest BCUT2D eigenvalue weighted by molar-refractivity contribution is 0.0513. The number of hydrogen-bond donors (Lipinski definition) is 0. The molecule has 0 spiro atoms. The molecule has 1 aliphatic carbocycles. The number of ketones is 1. The van der Waals surface area contributed by atoms with Crippen LogP contribution >= 0.6 is 11.3 Å². The van der Waals surface area contributed by atoms with Crippen LogP contribution in [0.4, 0.5) is 0 Å². The van der Waals surface area contributed by atoms with Crippen molar-refractivity contribution in [2.75, 3.05) is 12.9 Å². The van der Waals surface area contributed by atoms with Crippen molar-refractivity contribution in [3.05, 3.63) is 39.8 Å². The fourth-order valence-electron chi connectivity index (χ4n) is 3.10. The van der Waals surface area contributed by atoms with Gasteiger partial charge in [0, 0.05) is 19.1 Å². The summed E-state index contributed by atoms with van der Waals surface area (Å²) in [4.78, 5) is 25.4. The minimum absolute atomic E-state index is 0.0193. The molecule has 148 valence electrons. The van der Waals surface area contributed by atoms with Crippen LogP contribution in [0.2, 0.25) is 0 Å². The van der Waals surface area contributed by atoms with Crippen molar-refractivity contribution in [2.45, 2.75) is 51.2 Å². The molecule has 0 radical (unpaired) electrons. The van der Waals surface area contributed by atoms with Crippen LogP contribution in [-0.4, -0.2) is 33.0 Å². The maximum atomic E-state index is 12.6. The van der Waals surface area contributed by atoms with Gasteiger partial charge in [-0.25, -0.2) is 13.2 Å². The smallest absolute Gasteiger partial charge is 0.348 e. The summed E-state index contributed by atoms with van der Waals surface area (Å²) in [5, 5.41) is 0. The number of thiophene rings is 1. The highest BCUT2D eigenvalue weighted by molar-refractivity contribution is 7.92. The number of Topliss-reactive ketones (excluding diaryl/α,β-unsaturated/α-hetero) is 1. The van der Waals surface area contributed by atoms with Crippen LogP contribution in [0.15, 0.2) is 28.0 Å². The highest BCUT2D eigenvalue weighted by Gasteiger charge is 2.39. The van der Waals surface area contributed by atoms with Crippen molar-refractivity contribution in [3.63, 3.8) is 0 Å². The number of carbonyl (C=O) groups excluding carboxylic acids is 2. The van der Waals surface area contributed by atoms with Crippen molar-refractivity contribution >= 4 is 32.9 Å². The predicted molar refractivity (Wildman–Crippen MR) is 107 cm³/mol. The molecule has 0 aliphatic heterocycles. The maximum Gasteiger partial charge on any atom is 0.348 e. The Morgan fingerprint density at radius 3 is 2.56 bits per heavy atom. The lowest BCUT2D eigenvalue weighted by Gasteiger charge is -2.29. The van der Waals surface area contributed by atoms with E-state index in [2.05, 4.69) is 0 Å². The van der Waals surface area contributed by atoms with E-state index in [1.165, 1.54) is 0 Å². The van der Waals surface area contributed by atoms with Crippen molar-refractivity contribution in [3.8, 4) is 0 Å². The van der Waals surface area contributed by atoms with Crippen LogP contribution in [0.1, 0.15) is 66.1 Å². The van der Waals surface area contributed by atoms with E-state index in [-0.39, 0.29) is 38.9 Å². The van der Waals surface area contributed by atoms with Gasteiger partial charge in [-0.2, -0.15) is 0 Å². The Balaban J connectivity index is 2.32. The summed E-state index contributed by atoms with van der Waals surface area (Å²) in [5.74, 6) is -0.780. The first kappa shape index (κ1) is 21.6. The van der Waals surface area contributed by atoms with E-state index in [9.17, 15) is 18.0 Å². The zero-order chi connectivity index (χ0) is 20.4. The zero-order valence-corrected chi connectivity index (χ0v) is 18.1. The van der Waals surface area contributed by atoms with E-state index in [1.54, 1.807) is 0 Å². The molecule has 0 unspecified atom stereocenters. The highest BCUT2D eigenvalue weighted by atomic mass is 32.2. The molecule has 2 rings (SSSR count). The second-order valence-electron chi connectivity index (χ2n) is 7.71. The first-order chi connectivity index (χ1) is 12.5. The number of sulfone groups is 1. The Kier molecular flexibility index (Phi) is 6.47. The van der Waals surface area contributed by atoms with Crippen LogP contribution in [-0.2, 0) is 21.0 Å². The van der Waals surface area contributed by atoms with Gasteiger partial charge >= 0.3 is 5.97 Å². The van der Waals surface area contributed by atoms with Gasteiger partial charge < -0.3 is 4.74 Å². The summed E-state index contributed by atoms with van der Waals surface area (Å²) in [6.45, 7) is 7.96. The molecule has 0 fully saturated rings. The summed E-state index contributed by atoms with van der Waals surface area (Å²) < 4.78 is 29.6. The van der Waals surface area contributed by atoms with Crippen LogP contribution in [0.25, 0.3) is 0 Å². The predicted octanol–water partition coefficient (Wildman–Crippen LogP) is 4.38. The van der Waals surface area contributed by atoms with E-state index in [0.717, 1.165) is 23.2 Å². The second-order valence-corrected chi connectivity index (χ2v) is 10.9. The molecule has 0 atom stereocenters. The minimum atomic E-state index is -3.60. The highest BCUT2D eigenvalue weighted by Crippen LogP contribution is 2.43. The second kappa shape index (κ2) is 8.10. The molecule has 0 aromatic carbocycles. The monoisotopic (exact) mass is 410 g/mol. The Bertz CT molecular complexity index is 914. The standard InChI is InChI=1S/C20H26O5S2/c1-6-7-8-13(2)9-10-25-18(22)17-14-11-20(3,4)12-15(21)16(14)19(26-17)27(5,23)24/h6-8H,9-12H2,1-5H3/b7-6-,13-8+. The number of rotatable bonds is 6. The van der Waals surface area contributed by atoms with Gasteiger partial charge in [-0.3, -0.25) is 4.79 Å². The van der Waals surface area contributed by atoms with Crippen LogP contribution in [0.3, 0.4) is 0 Å². The fraction of sp³-hybridized carbons (Fsp3) is 0.500. The molecule has 1 aliphatic rings. The minimum Gasteiger partial charge on any atom is -0.461 e. The molecule has 5 nitrogen and oxygen atoms in total. The third kappa shape index (κ3) is 5.17. The summed E-state index contributed by atoms with van der Waals surface area (Å²) in [7, 11) is -3.60. The Morgan fingerprint density at radius 2 is 1.96 bits per heavy atom. The Hall–Kier alpha value is -1.73. The van der Waals surface area contributed by atoms with Crippen LogP contribution < -0.4 is 0 Å². The molecule has 1 aromatic heterocycles. The molecule has 0 amide bonds. The number of hydrogen-bond acceptors (Lipinski definition) is 6. The van der Waals surface area contributed by atoms with Gasteiger partial charge in [0.2, 0.25) is 0 Å². The summed E-state index contributed by atoms with van der Waals surface area (Å²) in [6, 6.07) is 0. The molecule has 0 bridgehead atoms. The lowest BCUT2D eigenvalue weighted by atomic mass is 9.74. The number of allylic oxidation sites excluding steroid dienone is 3. The lowest BCUT2D eigenvalue weighted by Crippen LogP contribution is -2.28. The van der Waals surface area contributed by atoms with Gasteiger partial charge in [0.25, 0.3) is 0 Å². The normalized spacial score (nSPS) is 17.2. The molecule has 7 heteroatoms. The summed E-state index contributed by atoms with van der Waals surface area (Å²) in [6.07, 6.45) is 8.18. The van der Waals surface area contributed by atoms with E-state index < -0.39 is 15.8 Å². The topological polar surface area (TPSA) is 77.5 Å². The molecular formula is C20H26O5S2. The van der Waals surface area contributed by atoms with Crippen molar-refractivity contribution in [1.29, 1.82) is 0 Å². The van der Waals surface area contributed by atoms with Gasteiger partial charge in [0.1, 0.15) is 9.09 Å². The maximum absolute atomic E-state index is 12.6. The van der Waals surface area contributed by atoms with Crippen LogP contribution in [0.5, 0.6) is 0 Å². The molecule has 27 heavy (non-hydrogen) atoms. The summed E-state index contributed by atoms with van der Waals surface area (Å²) in [5.41, 5.74) is 1.47. The van der Waals surface area contributed by atoms with Gasteiger partial charge in [-0.05, 0) is 31.2 Å². The van der Waals surface area contributed by atoms with E-state index in [4.69, 9.17) is 4.74 Å². The van der Waals surface area contributed by atoms with Crippen molar-refractivity contribution in [1.82, 2.24) is 0 Å². The van der Waals surface area contributed by atoms with Crippen molar-refractivity contribution in [2.24, 2.45) is 5.41 Å². The van der Waals surface area contributed by atoms with Crippen LogP contribution in [0, 0.1) is 5.41 Å².